The van der Waals surface area contributed by atoms with Crippen molar-refractivity contribution >= 4 is 23.2 Å². The summed E-state index contributed by atoms with van der Waals surface area (Å²) in [6.45, 7) is 2.10. The smallest absolute Gasteiger partial charge is 0.352 e. The van der Waals surface area contributed by atoms with Gasteiger partial charge in [0.05, 0.1) is 9.80 Å². The van der Waals surface area contributed by atoms with E-state index < -0.39 is 4.92 Å². The van der Waals surface area contributed by atoms with Gasteiger partial charge in [-0.2, -0.15) is 0 Å². The minimum atomic E-state index is -0.437. The molecule has 1 aromatic heterocycles. The first-order valence-electron chi connectivity index (χ1n) is 11.8. The molecule has 0 bridgehead atoms. The van der Waals surface area contributed by atoms with Gasteiger partial charge in [-0.1, -0.05) is 31.7 Å². The second kappa shape index (κ2) is 8.84. The lowest BCUT2D eigenvalue weighted by Gasteiger charge is -2.49. The van der Waals surface area contributed by atoms with Crippen LogP contribution in [0.25, 0.3) is 0 Å². The predicted octanol–water partition coefficient (Wildman–Crippen LogP) is 3.34. The summed E-state index contributed by atoms with van der Waals surface area (Å²) < 4.78 is 0. The second-order valence-electron chi connectivity index (χ2n) is 9.36. The third kappa shape index (κ3) is 3.70. The SMILES string of the molecule is O=C(c1cccs1)N1CCN(C2=C([N+](=O)[O-])C(=O)N(C3CCCC3)C3CCCCC23)CC1. The summed E-state index contributed by atoms with van der Waals surface area (Å²) in [5, 5.41) is 14.1. The summed E-state index contributed by atoms with van der Waals surface area (Å²) >= 11 is 1.43. The van der Waals surface area contributed by atoms with Crippen LogP contribution in [0.1, 0.15) is 61.0 Å². The molecule has 5 rings (SSSR count). The van der Waals surface area contributed by atoms with Crippen molar-refractivity contribution in [3.8, 4) is 0 Å². The van der Waals surface area contributed by atoms with E-state index in [0.717, 1.165) is 56.2 Å². The lowest BCUT2D eigenvalue weighted by Crippen LogP contribution is -2.59. The summed E-state index contributed by atoms with van der Waals surface area (Å²) in [6.07, 6.45) is 8.03. The molecule has 2 unspecified atom stereocenters. The van der Waals surface area contributed by atoms with Crippen LogP contribution in [0.2, 0.25) is 0 Å². The lowest BCUT2D eigenvalue weighted by atomic mass is 9.77. The highest BCUT2D eigenvalue weighted by Gasteiger charge is 2.52. The van der Waals surface area contributed by atoms with Gasteiger partial charge in [-0.3, -0.25) is 19.7 Å². The Morgan fingerprint density at radius 2 is 1.72 bits per heavy atom. The average molecular weight is 459 g/mol. The molecule has 1 aromatic rings. The molecule has 2 aliphatic heterocycles. The molecular weight excluding hydrogens is 428 g/mol. The van der Waals surface area contributed by atoms with Crippen LogP contribution < -0.4 is 0 Å². The molecular formula is C23H30N4O4S. The molecule has 2 amide bonds. The molecule has 0 spiro atoms. The number of nitrogens with zero attached hydrogens (tertiary/aromatic N) is 4. The number of carbonyl (C=O) groups excluding carboxylic acids is 2. The minimum Gasteiger partial charge on any atom is -0.365 e. The fraction of sp³-hybridized carbons (Fsp3) is 0.652. The Kier molecular flexibility index (Phi) is 5.92. The Balaban J connectivity index is 1.42. The van der Waals surface area contributed by atoms with E-state index in [1.807, 2.05) is 32.2 Å². The third-order valence-corrected chi connectivity index (χ3v) is 8.52. The Morgan fingerprint density at radius 3 is 2.38 bits per heavy atom. The molecule has 2 saturated carbocycles. The van der Waals surface area contributed by atoms with Gasteiger partial charge < -0.3 is 14.7 Å². The molecule has 8 nitrogen and oxygen atoms in total. The van der Waals surface area contributed by atoms with Gasteiger partial charge in [0.25, 0.3) is 5.91 Å². The zero-order chi connectivity index (χ0) is 22.2. The first-order valence-corrected chi connectivity index (χ1v) is 12.7. The van der Waals surface area contributed by atoms with Crippen LogP contribution in [0, 0.1) is 16.0 Å². The maximum absolute atomic E-state index is 13.5. The maximum Gasteiger partial charge on any atom is 0.352 e. The molecule has 172 valence electrons. The Bertz CT molecular complexity index is 916. The highest BCUT2D eigenvalue weighted by molar-refractivity contribution is 7.12. The predicted molar refractivity (Wildman–Crippen MR) is 121 cm³/mol. The van der Waals surface area contributed by atoms with Gasteiger partial charge in [0.15, 0.2) is 0 Å². The van der Waals surface area contributed by atoms with E-state index in [2.05, 4.69) is 0 Å². The van der Waals surface area contributed by atoms with Gasteiger partial charge in [0, 0.05) is 44.2 Å². The van der Waals surface area contributed by atoms with Crippen LogP contribution >= 0.6 is 11.3 Å². The van der Waals surface area contributed by atoms with Crippen molar-refractivity contribution in [1.82, 2.24) is 14.7 Å². The van der Waals surface area contributed by atoms with Crippen molar-refractivity contribution in [2.75, 3.05) is 26.2 Å². The van der Waals surface area contributed by atoms with Gasteiger partial charge in [0.1, 0.15) is 5.70 Å². The fourth-order valence-corrected chi connectivity index (χ4v) is 6.89. The van der Waals surface area contributed by atoms with Crippen LogP contribution in [0.5, 0.6) is 0 Å². The minimum absolute atomic E-state index is 0.0193. The van der Waals surface area contributed by atoms with Crippen LogP contribution in [-0.2, 0) is 4.79 Å². The number of rotatable bonds is 4. The van der Waals surface area contributed by atoms with Crippen LogP contribution in [0.15, 0.2) is 28.9 Å². The van der Waals surface area contributed by atoms with Gasteiger partial charge in [-0.25, -0.2) is 0 Å². The monoisotopic (exact) mass is 458 g/mol. The summed E-state index contributed by atoms with van der Waals surface area (Å²) in [7, 11) is 0. The van der Waals surface area contributed by atoms with E-state index in [9.17, 15) is 19.7 Å². The van der Waals surface area contributed by atoms with E-state index >= 15 is 0 Å². The number of piperazine rings is 1. The number of fused-ring (bicyclic) bond motifs is 1. The van der Waals surface area contributed by atoms with E-state index in [1.54, 1.807) is 0 Å². The van der Waals surface area contributed by atoms with E-state index in [0.29, 0.717) is 31.9 Å². The summed E-state index contributed by atoms with van der Waals surface area (Å²) in [6, 6.07) is 3.92. The molecule has 3 heterocycles. The standard InChI is InChI=1S/C23H30N4O4S/c28-22(19-10-5-15-32-19)25-13-11-24(12-14-25)20-17-8-3-4-9-18(17)26(16-6-1-2-7-16)23(29)21(20)27(30)31/h5,10,15-18H,1-4,6-9,11-14H2. The molecule has 32 heavy (non-hydrogen) atoms. The van der Waals surface area contributed by atoms with Crippen molar-refractivity contribution in [2.45, 2.75) is 63.5 Å². The van der Waals surface area contributed by atoms with Gasteiger partial charge >= 0.3 is 11.6 Å². The topological polar surface area (TPSA) is 87.0 Å². The first-order chi connectivity index (χ1) is 15.6. The van der Waals surface area contributed by atoms with Gasteiger partial charge in [-0.15, -0.1) is 11.3 Å². The number of carbonyl (C=O) groups is 2. The molecule has 9 heteroatoms. The average Bonchev–Trinajstić information content (AvgIpc) is 3.52. The van der Waals surface area contributed by atoms with Crippen molar-refractivity contribution in [2.24, 2.45) is 5.92 Å². The second-order valence-corrected chi connectivity index (χ2v) is 10.3. The van der Waals surface area contributed by atoms with Gasteiger partial charge in [-0.05, 0) is 37.1 Å². The third-order valence-electron chi connectivity index (χ3n) is 7.66. The number of thiophene rings is 1. The summed E-state index contributed by atoms with van der Waals surface area (Å²) in [4.78, 5) is 44.5. The van der Waals surface area contributed by atoms with Crippen LogP contribution in [0.4, 0.5) is 0 Å². The van der Waals surface area contributed by atoms with Gasteiger partial charge in [0.2, 0.25) is 0 Å². The fourth-order valence-electron chi connectivity index (χ4n) is 6.20. The summed E-state index contributed by atoms with van der Waals surface area (Å²) in [5.74, 6) is -0.329. The van der Waals surface area contributed by atoms with Crippen molar-refractivity contribution in [1.29, 1.82) is 0 Å². The Morgan fingerprint density at radius 1 is 1.03 bits per heavy atom. The number of hydrogen-bond donors (Lipinski definition) is 0. The molecule has 1 saturated heterocycles. The van der Waals surface area contributed by atoms with Crippen molar-refractivity contribution in [3.63, 3.8) is 0 Å². The number of amides is 2. The highest BCUT2D eigenvalue weighted by Crippen LogP contribution is 2.44. The molecule has 0 N–H and O–H groups in total. The maximum atomic E-state index is 13.5. The number of nitro groups is 1. The van der Waals surface area contributed by atoms with Crippen molar-refractivity contribution < 1.29 is 14.5 Å². The number of hydrogen-bond acceptors (Lipinski definition) is 6. The molecule has 2 atom stereocenters. The zero-order valence-corrected chi connectivity index (χ0v) is 19.1. The largest absolute Gasteiger partial charge is 0.365 e. The van der Waals surface area contributed by atoms with E-state index in [-0.39, 0.29) is 35.5 Å². The normalized spacial score (nSPS) is 27.1. The Labute approximate surface area is 192 Å². The molecule has 0 radical (unpaired) electrons. The lowest BCUT2D eigenvalue weighted by molar-refractivity contribution is -0.424. The van der Waals surface area contributed by atoms with E-state index in [4.69, 9.17) is 0 Å². The zero-order valence-electron chi connectivity index (χ0n) is 18.3. The quantitative estimate of drug-likeness (QED) is 0.510. The highest BCUT2D eigenvalue weighted by atomic mass is 32.1. The molecule has 0 aromatic carbocycles. The van der Waals surface area contributed by atoms with E-state index in [1.165, 1.54) is 11.3 Å². The molecule has 4 aliphatic rings. The first kappa shape index (κ1) is 21.4. The van der Waals surface area contributed by atoms with Crippen molar-refractivity contribution in [3.05, 3.63) is 43.9 Å². The molecule has 2 aliphatic carbocycles. The summed E-state index contributed by atoms with van der Waals surface area (Å²) in [5.41, 5.74) is 0.431. The molecule has 3 fully saturated rings. The van der Waals surface area contributed by atoms with Crippen LogP contribution in [0.3, 0.4) is 0 Å². The van der Waals surface area contributed by atoms with Crippen LogP contribution in [-0.4, -0.2) is 69.7 Å². The Hall–Kier alpha value is -2.42.